The van der Waals surface area contributed by atoms with Crippen molar-refractivity contribution in [1.29, 1.82) is 0 Å². The lowest BCUT2D eigenvalue weighted by Crippen LogP contribution is -2.30. The molecule has 0 aromatic heterocycles. The SMILES string of the molecule is NC(=O)C1CCN(C(=O)/C=C/c2cc(C(F)(F)F)ccc2Cl)C1. The first-order valence-corrected chi connectivity index (χ1v) is 7.19. The molecule has 1 fully saturated rings. The molecule has 0 radical (unpaired) electrons. The molecule has 2 N–H and O–H groups in total. The van der Waals surface area contributed by atoms with Crippen LogP contribution in [0, 0.1) is 5.92 Å². The number of halogens is 4. The highest BCUT2D eigenvalue weighted by Gasteiger charge is 2.31. The Kier molecular flexibility index (Phi) is 4.99. The van der Waals surface area contributed by atoms with Gasteiger partial charge in [-0.3, -0.25) is 9.59 Å². The van der Waals surface area contributed by atoms with Crippen LogP contribution in [0.1, 0.15) is 17.5 Å². The van der Waals surface area contributed by atoms with E-state index in [1.165, 1.54) is 11.0 Å². The molecule has 0 aliphatic carbocycles. The maximum Gasteiger partial charge on any atom is 0.416 e. The fraction of sp³-hybridized carbons (Fsp3) is 0.333. The summed E-state index contributed by atoms with van der Waals surface area (Å²) in [5.41, 5.74) is 4.44. The number of hydrogen-bond donors (Lipinski definition) is 1. The lowest BCUT2D eigenvalue weighted by atomic mass is 10.1. The topological polar surface area (TPSA) is 63.4 Å². The number of nitrogens with two attached hydrogens (primary N) is 1. The van der Waals surface area contributed by atoms with E-state index in [9.17, 15) is 22.8 Å². The van der Waals surface area contributed by atoms with E-state index in [0.717, 1.165) is 24.3 Å². The van der Waals surface area contributed by atoms with Gasteiger partial charge in [0.1, 0.15) is 0 Å². The highest BCUT2D eigenvalue weighted by Crippen LogP contribution is 2.32. The average Bonchev–Trinajstić information content (AvgIpc) is 2.95. The second kappa shape index (κ2) is 6.62. The van der Waals surface area contributed by atoms with Gasteiger partial charge in [0.05, 0.1) is 11.5 Å². The van der Waals surface area contributed by atoms with Gasteiger partial charge < -0.3 is 10.6 Å². The summed E-state index contributed by atoms with van der Waals surface area (Å²) in [5.74, 6) is -1.25. The molecule has 1 aromatic carbocycles. The van der Waals surface area contributed by atoms with Gasteiger partial charge in [-0.25, -0.2) is 0 Å². The molecule has 124 valence electrons. The lowest BCUT2D eigenvalue weighted by Gasteiger charge is -2.13. The first kappa shape index (κ1) is 17.3. The number of carbonyl (C=O) groups is 2. The number of benzene rings is 1. The first-order chi connectivity index (χ1) is 10.7. The molecular weight excluding hydrogens is 333 g/mol. The van der Waals surface area contributed by atoms with Crippen molar-refractivity contribution in [1.82, 2.24) is 4.90 Å². The Labute approximate surface area is 135 Å². The summed E-state index contributed by atoms with van der Waals surface area (Å²) in [6, 6.07) is 2.88. The molecule has 1 aromatic rings. The van der Waals surface area contributed by atoms with Crippen molar-refractivity contribution < 1.29 is 22.8 Å². The van der Waals surface area contributed by atoms with E-state index >= 15 is 0 Å². The van der Waals surface area contributed by atoms with Crippen molar-refractivity contribution >= 4 is 29.5 Å². The standard InChI is InChI=1S/C15H14ClF3N2O2/c16-12-3-2-11(15(17,18)19)7-9(12)1-4-13(22)21-6-5-10(8-21)14(20)23/h1-4,7,10H,5-6,8H2,(H2,20,23)/b4-1+. The van der Waals surface area contributed by atoms with Crippen molar-refractivity contribution in [3.63, 3.8) is 0 Å². The van der Waals surface area contributed by atoms with Crippen LogP contribution >= 0.6 is 11.6 Å². The minimum absolute atomic E-state index is 0.0977. The van der Waals surface area contributed by atoms with Crippen molar-refractivity contribution in [2.45, 2.75) is 12.6 Å². The summed E-state index contributed by atoms with van der Waals surface area (Å²) in [6.45, 7) is 0.599. The lowest BCUT2D eigenvalue weighted by molar-refractivity contribution is -0.137. The zero-order valence-electron chi connectivity index (χ0n) is 11.9. The van der Waals surface area contributed by atoms with E-state index in [1.807, 2.05) is 0 Å². The number of nitrogens with zero attached hydrogens (tertiary/aromatic N) is 1. The predicted molar refractivity (Wildman–Crippen MR) is 79.4 cm³/mol. The van der Waals surface area contributed by atoms with Crippen molar-refractivity contribution in [3.8, 4) is 0 Å². The number of alkyl halides is 3. The molecule has 8 heteroatoms. The van der Waals surface area contributed by atoms with Crippen LogP contribution in [-0.4, -0.2) is 29.8 Å². The van der Waals surface area contributed by atoms with Gasteiger partial charge in [-0.2, -0.15) is 13.2 Å². The van der Waals surface area contributed by atoms with Crippen molar-refractivity contribution in [3.05, 3.63) is 40.4 Å². The van der Waals surface area contributed by atoms with Crippen LogP contribution in [0.3, 0.4) is 0 Å². The number of carbonyl (C=O) groups excluding carboxylic acids is 2. The van der Waals surface area contributed by atoms with Crippen LogP contribution in [-0.2, 0) is 15.8 Å². The van der Waals surface area contributed by atoms with E-state index in [-0.39, 0.29) is 23.0 Å². The van der Waals surface area contributed by atoms with Gasteiger partial charge in [0.15, 0.2) is 0 Å². The molecule has 2 amide bonds. The Balaban J connectivity index is 2.11. The monoisotopic (exact) mass is 346 g/mol. The maximum atomic E-state index is 12.7. The molecular formula is C15H14ClF3N2O2. The largest absolute Gasteiger partial charge is 0.416 e. The maximum absolute atomic E-state index is 12.7. The van der Waals surface area contributed by atoms with Crippen molar-refractivity contribution in [2.24, 2.45) is 11.7 Å². The van der Waals surface area contributed by atoms with E-state index in [2.05, 4.69) is 0 Å². The number of rotatable bonds is 3. The van der Waals surface area contributed by atoms with Crippen LogP contribution in [0.2, 0.25) is 5.02 Å². The Bertz CT molecular complexity index is 659. The minimum Gasteiger partial charge on any atom is -0.369 e. The zero-order valence-corrected chi connectivity index (χ0v) is 12.7. The molecule has 1 atom stereocenters. The molecule has 0 spiro atoms. The van der Waals surface area contributed by atoms with Gasteiger partial charge in [-0.1, -0.05) is 11.6 Å². The summed E-state index contributed by atoms with van der Waals surface area (Å²) in [6.07, 6.45) is -1.62. The highest BCUT2D eigenvalue weighted by atomic mass is 35.5. The van der Waals surface area contributed by atoms with Crippen LogP contribution in [0.5, 0.6) is 0 Å². The summed E-state index contributed by atoms with van der Waals surface area (Å²) in [5, 5.41) is 0.110. The average molecular weight is 347 g/mol. The summed E-state index contributed by atoms with van der Waals surface area (Å²) < 4.78 is 38.0. The molecule has 4 nitrogen and oxygen atoms in total. The van der Waals surface area contributed by atoms with Gasteiger partial charge in [0.2, 0.25) is 11.8 Å². The van der Waals surface area contributed by atoms with E-state index in [4.69, 9.17) is 17.3 Å². The molecule has 0 saturated carbocycles. The predicted octanol–water partition coefficient (Wildman–Crippen LogP) is 2.71. The number of amides is 2. The molecule has 1 saturated heterocycles. The molecule has 1 aliphatic rings. The third-order valence-electron chi connectivity index (χ3n) is 3.63. The second-order valence-electron chi connectivity index (χ2n) is 5.24. The third-order valence-corrected chi connectivity index (χ3v) is 3.98. The highest BCUT2D eigenvalue weighted by molar-refractivity contribution is 6.32. The Morgan fingerprint density at radius 2 is 2.04 bits per heavy atom. The smallest absolute Gasteiger partial charge is 0.369 e. The van der Waals surface area contributed by atoms with Crippen LogP contribution in [0.15, 0.2) is 24.3 Å². The zero-order chi connectivity index (χ0) is 17.2. The fourth-order valence-corrected chi connectivity index (χ4v) is 2.49. The molecule has 1 unspecified atom stereocenters. The summed E-state index contributed by atoms with van der Waals surface area (Å²) in [7, 11) is 0. The van der Waals surface area contributed by atoms with Gasteiger partial charge >= 0.3 is 6.18 Å². The fourth-order valence-electron chi connectivity index (χ4n) is 2.31. The van der Waals surface area contributed by atoms with Gasteiger partial charge in [0, 0.05) is 24.2 Å². The molecule has 0 bridgehead atoms. The molecule has 23 heavy (non-hydrogen) atoms. The van der Waals surface area contributed by atoms with E-state index < -0.39 is 23.6 Å². The van der Waals surface area contributed by atoms with E-state index in [1.54, 1.807) is 0 Å². The molecule has 2 rings (SSSR count). The van der Waals surface area contributed by atoms with Crippen LogP contribution < -0.4 is 5.73 Å². The normalized spacial score (nSPS) is 18.6. The quantitative estimate of drug-likeness (QED) is 0.855. The molecule has 1 aliphatic heterocycles. The third kappa shape index (κ3) is 4.25. The van der Waals surface area contributed by atoms with Gasteiger partial charge in [-0.15, -0.1) is 0 Å². The second-order valence-corrected chi connectivity index (χ2v) is 5.65. The molecule has 1 heterocycles. The Hall–Kier alpha value is -2.02. The van der Waals surface area contributed by atoms with E-state index in [0.29, 0.717) is 13.0 Å². The number of likely N-dealkylation sites (tertiary alicyclic amines) is 1. The van der Waals surface area contributed by atoms with Crippen LogP contribution in [0.25, 0.3) is 6.08 Å². The summed E-state index contributed by atoms with van der Waals surface area (Å²) >= 11 is 5.85. The Morgan fingerprint density at radius 3 is 2.61 bits per heavy atom. The van der Waals surface area contributed by atoms with Crippen LogP contribution in [0.4, 0.5) is 13.2 Å². The Morgan fingerprint density at radius 1 is 1.35 bits per heavy atom. The van der Waals surface area contributed by atoms with Gasteiger partial charge in [-0.05, 0) is 36.3 Å². The number of hydrogen-bond acceptors (Lipinski definition) is 2. The minimum atomic E-state index is -4.49. The first-order valence-electron chi connectivity index (χ1n) is 6.81. The van der Waals surface area contributed by atoms with Gasteiger partial charge in [0.25, 0.3) is 0 Å². The van der Waals surface area contributed by atoms with Crippen molar-refractivity contribution in [2.75, 3.05) is 13.1 Å². The summed E-state index contributed by atoms with van der Waals surface area (Å²) in [4.78, 5) is 24.5. The number of primary amides is 1.